The fourth-order valence-corrected chi connectivity index (χ4v) is 6.32. The van der Waals surface area contributed by atoms with E-state index in [4.69, 9.17) is 14.2 Å². The van der Waals surface area contributed by atoms with E-state index in [9.17, 15) is 14.9 Å². The Morgan fingerprint density at radius 1 is 1.14 bits per heavy atom. The molecule has 4 aromatic rings. The first-order chi connectivity index (χ1) is 21.2. The van der Waals surface area contributed by atoms with Crippen molar-refractivity contribution in [3.05, 3.63) is 124 Å². The van der Waals surface area contributed by atoms with Crippen molar-refractivity contribution in [1.82, 2.24) is 4.57 Å². The van der Waals surface area contributed by atoms with Crippen LogP contribution < -0.4 is 24.4 Å². The Morgan fingerprint density at radius 2 is 1.89 bits per heavy atom. The Morgan fingerprint density at radius 3 is 2.59 bits per heavy atom. The second-order valence-electron chi connectivity index (χ2n) is 10.3. The van der Waals surface area contributed by atoms with Crippen LogP contribution in [0, 0.1) is 11.3 Å². The van der Waals surface area contributed by atoms with Crippen molar-refractivity contribution in [3.63, 3.8) is 0 Å². The number of thiazole rings is 1. The summed E-state index contributed by atoms with van der Waals surface area (Å²) < 4.78 is 20.1. The summed E-state index contributed by atoms with van der Waals surface area (Å²) in [6.07, 6.45) is 1.42. The minimum Gasteiger partial charge on any atom is -0.494 e. The average molecular weight is 673 g/mol. The van der Waals surface area contributed by atoms with Gasteiger partial charge in [0.05, 0.1) is 46.2 Å². The van der Waals surface area contributed by atoms with E-state index in [-0.39, 0.29) is 18.3 Å². The molecule has 44 heavy (non-hydrogen) atoms. The molecule has 0 unspecified atom stereocenters. The monoisotopic (exact) mass is 671 g/mol. The fourth-order valence-electron chi connectivity index (χ4n) is 4.90. The van der Waals surface area contributed by atoms with Crippen LogP contribution in [0.15, 0.2) is 92.3 Å². The Kier molecular flexibility index (Phi) is 9.47. The summed E-state index contributed by atoms with van der Waals surface area (Å²) in [7, 11) is 0. The van der Waals surface area contributed by atoms with Gasteiger partial charge in [-0.25, -0.2) is 9.79 Å². The third-order valence-corrected chi connectivity index (χ3v) is 8.35. The van der Waals surface area contributed by atoms with Gasteiger partial charge in [-0.15, -0.1) is 0 Å². The molecule has 224 valence electrons. The Hall–Kier alpha value is -4.46. The zero-order valence-electron chi connectivity index (χ0n) is 24.7. The van der Waals surface area contributed by atoms with Crippen LogP contribution in [0.1, 0.15) is 56.0 Å². The lowest BCUT2D eigenvalue weighted by Crippen LogP contribution is -2.40. The first kappa shape index (κ1) is 31.0. The van der Waals surface area contributed by atoms with Crippen LogP contribution >= 0.6 is 27.3 Å². The topological polar surface area (TPSA) is 103 Å². The highest BCUT2D eigenvalue weighted by Gasteiger charge is 2.33. The zero-order chi connectivity index (χ0) is 31.4. The van der Waals surface area contributed by atoms with Crippen molar-refractivity contribution in [3.8, 4) is 17.6 Å². The van der Waals surface area contributed by atoms with Gasteiger partial charge in [0.15, 0.2) is 4.80 Å². The predicted molar refractivity (Wildman–Crippen MR) is 172 cm³/mol. The molecule has 2 heterocycles. The van der Waals surface area contributed by atoms with E-state index in [1.807, 2.05) is 67.6 Å². The third kappa shape index (κ3) is 6.54. The van der Waals surface area contributed by atoms with Gasteiger partial charge in [0.25, 0.3) is 5.56 Å². The van der Waals surface area contributed by atoms with E-state index in [0.29, 0.717) is 49.8 Å². The van der Waals surface area contributed by atoms with Crippen LogP contribution in [0.25, 0.3) is 6.08 Å². The largest absolute Gasteiger partial charge is 0.494 e. The summed E-state index contributed by atoms with van der Waals surface area (Å²) >= 11 is 4.76. The van der Waals surface area contributed by atoms with Crippen LogP contribution in [0.5, 0.6) is 11.5 Å². The predicted octanol–water partition coefficient (Wildman–Crippen LogP) is 5.80. The number of nitrogens with zero attached hydrogens (tertiary/aromatic N) is 3. The molecule has 0 radical (unpaired) electrons. The molecule has 0 fully saturated rings. The van der Waals surface area contributed by atoms with Gasteiger partial charge < -0.3 is 14.2 Å². The molecule has 1 aliphatic rings. The number of esters is 1. The van der Waals surface area contributed by atoms with E-state index in [0.717, 1.165) is 15.6 Å². The van der Waals surface area contributed by atoms with Gasteiger partial charge >= 0.3 is 5.97 Å². The lowest BCUT2D eigenvalue weighted by Gasteiger charge is -2.25. The molecule has 0 saturated heterocycles. The number of allylic oxidation sites excluding steroid dienone is 1. The SMILES string of the molecule is CCOc1ccc([C@H]2C(C(=O)OC(C)C)=C(C)N=c3s/c(=C/c4cc(Br)ccc4OCc4ccccc4C#N)c(=O)n32)cc1. The van der Waals surface area contributed by atoms with Crippen molar-refractivity contribution in [1.29, 1.82) is 5.26 Å². The highest BCUT2D eigenvalue weighted by Crippen LogP contribution is 2.32. The van der Waals surface area contributed by atoms with Crippen molar-refractivity contribution >= 4 is 39.3 Å². The molecule has 0 aliphatic carbocycles. The van der Waals surface area contributed by atoms with Crippen molar-refractivity contribution < 1.29 is 19.0 Å². The number of carbonyl (C=O) groups excluding carboxylic acids is 1. The van der Waals surface area contributed by atoms with Crippen LogP contribution in [0.4, 0.5) is 0 Å². The van der Waals surface area contributed by atoms with Gasteiger partial charge in [0.1, 0.15) is 18.1 Å². The zero-order valence-corrected chi connectivity index (χ0v) is 27.1. The van der Waals surface area contributed by atoms with Crippen LogP contribution in [-0.4, -0.2) is 23.2 Å². The molecule has 0 saturated carbocycles. The molecule has 0 spiro atoms. The number of fused-ring (bicyclic) bond motifs is 1. The number of nitriles is 1. The molecule has 8 nitrogen and oxygen atoms in total. The first-order valence-electron chi connectivity index (χ1n) is 14.1. The van der Waals surface area contributed by atoms with Crippen molar-refractivity contribution in [2.24, 2.45) is 4.99 Å². The number of hydrogen-bond acceptors (Lipinski definition) is 8. The Bertz CT molecular complexity index is 1970. The van der Waals surface area contributed by atoms with E-state index in [2.05, 4.69) is 27.0 Å². The highest BCUT2D eigenvalue weighted by atomic mass is 79.9. The third-order valence-electron chi connectivity index (χ3n) is 6.87. The maximum absolute atomic E-state index is 14.1. The number of carbonyl (C=O) groups is 1. The van der Waals surface area contributed by atoms with Crippen LogP contribution in [-0.2, 0) is 16.1 Å². The molecule has 5 rings (SSSR count). The maximum Gasteiger partial charge on any atom is 0.338 e. The molecule has 0 bridgehead atoms. The Balaban J connectivity index is 1.61. The van der Waals surface area contributed by atoms with Crippen molar-refractivity contribution in [2.75, 3.05) is 6.61 Å². The average Bonchev–Trinajstić information content (AvgIpc) is 3.30. The van der Waals surface area contributed by atoms with Gasteiger partial charge in [-0.05, 0) is 75.7 Å². The van der Waals surface area contributed by atoms with Crippen LogP contribution in [0.2, 0.25) is 0 Å². The summed E-state index contributed by atoms with van der Waals surface area (Å²) in [5.74, 6) is 0.720. The fraction of sp³-hybridized carbons (Fsp3) is 0.235. The number of rotatable bonds is 9. The maximum atomic E-state index is 14.1. The van der Waals surface area contributed by atoms with E-state index >= 15 is 0 Å². The molecular formula is C34H30BrN3O5S. The summed E-state index contributed by atoms with van der Waals surface area (Å²) in [5, 5.41) is 9.47. The first-order valence-corrected chi connectivity index (χ1v) is 15.7. The number of ether oxygens (including phenoxy) is 3. The lowest BCUT2D eigenvalue weighted by atomic mass is 9.96. The second kappa shape index (κ2) is 13.5. The van der Waals surface area contributed by atoms with E-state index in [1.165, 1.54) is 11.3 Å². The smallest absolute Gasteiger partial charge is 0.338 e. The molecule has 0 N–H and O–H groups in total. The molecular weight excluding hydrogens is 642 g/mol. The number of aromatic nitrogens is 1. The normalized spacial score (nSPS) is 14.6. The van der Waals surface area contributed by atoms with E-state index in [1.54, 1.807) is 37.5 Å². The molecule has 10 heteroatoms. The summed E-state index contributed by atoms with van der Waals surface area (Å²) in [5.41, 5.74) is 3.21. The second-order valence-corrected chi connectivity index (χ2v) is 12.2. The summed E-state index contributed by atoms with van der Waals surface area (Å²) in [6.45, 7) is 7.94. The molecule has 1 atom stereocenters. The van der Waals surface area contributed by atoms with Gasteiger partial charge in [-0.1, -0.05) is 57.6 Å². The van der Waals surface area contributed by atoms with Gasteiger partial charge in [0.2, 0.25) is 0 Å². The standard InChI is InChI=1S/C34H30BrN3O5S/c1-5-41-27-13-10-22(11-14-27)31-30(33(40)43-20(2)3)21(4)37-34-38(31)32(39)29(44-34)17-25-16-26(35)12-15-28(25)42-19-24-9-7-6-8-23(24)18-36/h6-17,20,31H,5,19H2,1-4H3/b29-17+/t31-/m0/s1. The molecule has 1 aliphatic heterocycles. The molecule has 0 amide bonds. The summed E-state index contributed by atoms with van der Waals surface area (Å²) in [6, 6.07) is 21.6. The van der Waals surface area contributed by atoms with Crippen LogP contribution in [0.3, 0.4) is 0 Å². The molecule has 3 aromatic carbocycles. The van der Waals surface area contributed by atoms with Gasteiger partial charge in [-0.3, -0.25) is 9.36 Å². The Labute approximate surface area is 267 Å². The number of halogens is 1. The van der Waals surface area contributed by atoms with Gasteiger partial charge in [0, 0.05) is 15.6 Å². The summed E-state index contributed by atoms with van der Waals surface area (Å²) in [4.78, 5) is 32.7. The minimum atomic E-state index is -0.740. The molecule has 1 aromatic heterocycles. The quantitative estimate of drug-likeness (QED) is 0.209. The van der Waals surface area contributed by atoms with Crippen molar-refractivity contribution in [2.45, 2.75) is 46.4 Å². The minimum absolute atomic E-state index is 0.186. The van der Waals surface area contributed by atoms with Gasteiger partial charge in [-0.2, -0.15) is 5.26 Å². The highest BCUT2D eigenvalue weighted by molar-refractivity contribution is 9.10. The number of hydrogen-bond donors (Lipinski definition) is 0. The lowest BCUT2D eigenvalue weighted by molar-refractivity contribution is -0.143. The number of benzene rings is 3. The van der Waals surface area contributed by atoms with E-state index < -0.39 is 12.0 Å².